The second-order valence-corrected chi connectivity index (χ2v) is 12.4. The van der Waals surface area contributed by atoms with Crippen LogP contribution < -0.4 is 0 Å². The van der Waals surface area contributed by atoms with Crippen molar-refractivity contribution in [2.45, 2.75) is 37.3 Å². The van der Waals surface area contributed by atoms with Gasteiger partial charge in [-0.1, -0.05) is 60.2 Å². The Morgan fingerprint density at radius 2 is 1.80 bits per heavy atom. The van der Waals surface area contributed by atoms with E-state index in [0.717, 1.165) is 84.7 Å². The number of fused-ring (bicyclic) bond motifs is 3. The molecule has 0 N–H and O–H groups in total. The maximum Gasteiger partial charge on any atom is 0.229 e. The molecule has 2 atom stereocenters. The molecule has 4 aliphatic heterocycles. The fourth-order valence-electron chi connectivity index (χ4n) is 7.52. The molecule has 4 heterocycles. The minimum atomic E-state index is -0.139. The van der Waals surface area contributed by atoms with Gasteiger partial charge in [0.2, 0.25) is 5.90 Å². The van der Waals surface area contributed by atoms with E-state index in [0.29, 0.717) is 18.1 Å². The largest absolute Gasteiger partial charge is 0.475 e. The van der Waals surface area contributed by atoms with Crippen LogP contribution in [0.15, 0.2) is 70.9 Å². The van der Waals surface area contributed by atoms with Gasteiger partial charge in [-0.2, -0.15) is 5.26 Å². The number of halogens is 1. The Balaban J connectivity index is 1.28. The molecule has 5 aliphatic rings. The zero-order chi connectivity index (χ0) is 27.3. The highest BCUT2D eigenvalue weighted by Gasteiger charge is 2.46. The van der Waals surface area contributed by atoms with Crippen LogP contribution in [0.5, 0.6) is 0 Å². The lowest BCUT2D eigenvalue weighted by Crippen LogP contribution is -2.48. The molecule has 206 valence electrons. The van der Waals surface area contributed by atoms with Crippen LogP contribution in [0.1, 0.15) is 31.2 Å². The SMILES string of the molecule is CN1CCN(C2=C(C#N)C(OCC34CCCN3CCC4)=NC3C=C(c4cccc5cccc(Cl)c45)C=CC23)CC1. The fourth-order valence-corrected chi connectivity index (χ4v) is 7.80. The number of ether oxygens (including phenoxy) is 1. The molecule has 3 fully saturated rings. The Morgan fingerprint density at radius 1 is 1.05 bits per heavy atom. The number of dihydropyridines is 1. The topological polar surface area (TPSA) is 55.1 Å². The smallest absolute Gasteiger partial charge is 0.229 e. The lowest BCUT2D eigenvalue weighted by Gasteiger charge is -2.42. The van der Waals surface area contributed by atoms with Crippen molar-refractivity contribution < 1.29 is 4.74 Å². The number of hydrogen-bond acceptors (Lipinski definition) is 6. The number of rotatable bonds is 4. The highest BCUT2D eigenvalue weighted by Crippen LogP contribution is 2.42. The molecule has 0 amide bonds. The molecule has 0 bridgehead atoms. The van der Waals surface area contributed by atoms with Gasteiger partial charge in [0.05, 0.1) is 11.6 Å². The Bertz CT molecular complexity index is 1480. The van der Waals surface area contributed by atoms with Crippen LogP contribution >= 0.6 is 11.6 Å². The Morgan fingerprint density at radius 3 is 2.55 bits per heavy atom. The van der Waals surface area contributed by atoms with Gasteiger partial charge < -0.3 is 14.5 Å². The van der Waals surface area contributed by atoms with Crippen molar-refractivity contribution in [1.82, 2.24) is 14.7 Å². The summed E-state index contributed by atoms with van der Waals surface area (Å²) in [5.74, 6) is 0.528. The monoisotopic (exact) mass is 553 g/mol. The number of hydrogen-bond donors (Lipinski definition) is 0. The van der Waals surface area contributed by atoms with E-state index in [-0.39, 0.29) is 17.5 Å². The highest BCUT2D eigenvalue weighted by atomic mass is 35.5. The first-order chi connectivity index (χ1) is 19.6. The normalized spacial score (nSPS) is 26.4. The lowest BCUT2D eigenvalue weighted by molar-refractivity contribution is 0.106. The third-order valence-corrected chi connectivity index (χ3v) is 9.98. The van der Waals surface area contributed by atoms with Crippen molar-refractivity contribution >= 4 is 33.8 Å². The van der Waals surface area contributed by atoms with E-state index in [4.69, 9.17) is 21.3 Å². The van der Waals surface area contributed by atoms with E-state index >= 15 is 0 Å². The van der Waals surface area contributed by atoms with E-state index in [1.54, 1.807) is 0 Å². The summed E-state index contributed by atoms with van der Waals surface area (Å²) in [6.45, 7) is 6.66. The van der Waals surface area contributed by atoms with E-state index in [1.165, 1.54) is 12.8 Å². The van der Waals surface area contributed by atoms with E-state index < -0.39 is 0 Å². The van der Waals surface area contributed by atoms with Gasteiger partial charge in [-0.3, -0.25) is 4.90 Å². The second-order valence-electron chi connectivity index (χ2n) is 11.9. The van der Waals surface area contributed by atoms with Crippen LogP contribution in [0, 0.1) is 17.2 Å². The quantitative estimate of drug-likeness (QED) is 0.499. The Kier molecular flexibility index (Phi) is 6.70. The third kappa shape index (κ3) is 4.36. The van der Waals surface area contributed by atoms with Crippen molar-refractivity contribution in [3.05, 3.63) is 76.5 Å². The minimum absolute atomic E-state index is 0.00669. The maximum absolute atomic E-state index is 10.5. The molecule has 2 aromatic rings. The standard InChI is InChI=1S/C33H36ClN5O/c1-37-16-18-38(19-17-37)31-26-11-10-24(25-8-2-6-23-7-3-9-28(34)30(23)25)20-29(26)36-32(27(31)21-35)40-22-33-12-4-14-39(33)15-5-13-33/h2-3,6-11,20,26,29H,4-5,12-19,22H2,1H3. The van der Waals surface area contributed by atoms with E-state index in [1.807, 2.05) is 12.1 Å². The Labute approximate surface area is 241 Å². The number of aliphatic imine (C=N–C) groups is 1. The van der Waals surface area contributed by atoms with Gasteiger partial charge >= 0.3 is 0 Å². The van der Waals surface area contributed by atoms with Gasteiger partial charge in [0.25, 0.3) is 0 Å². The summed E-state index contributed by atoms with van der Waals surface area (Å²) in [6, 6.07) is 14.8. The van der Waals surface area contributed by atoms with Crippen molar-refractivity contribution in [1.29, 1.82) is 5.26 Å². The number of nitrogens with zero attached hydrogens (tertiary/aromatic N) is 5. The molecule has 2 aromatic carbocycles. The van der Waals surface area contributed by atoms with Crippen LogP contribution in [0.3, 0.4) is 0 Å². The lowest BCUT2D eigenvalue weighted by atomic mass is 9.82. The molecule has 40 heavy (non-hydrogen) atoms. The summed E-state index contributed by atoms with van der Waals surface area (Å²) in [7, 11) is 2.16. The first-order valence-electron chi connectivity index (χ1n) is 14.7. The molecule has 3 saturated heterocycles. The molecular weight excluding hydrogens is 518 g/mol. The van der Waals surface area contributed by atoms with Gasteiger partial charge in [-0.15, -0.1) is 0 Å². The number of nitriles is 1. The average molecular weight is 554 g/mol. The van der Waals surface area contributed by atoms with Gasteiger partial charge in [-0.05, 0) is 68.4 Å². The summed E-state index contributed by atoms with van der Waals surface area (Å²) >= 11 is 6.71. The molecule has 2 unspecified atom stereocenters. The number of allylic oxidation sites excluding steroid dienone is 2. The molecule has 0 aromatic heterocycles. The number of benzene rings is 2. The Hall–Kier alpha value is -3.11. The van der Waals surface area contributed by atoms with E-state index in [9.17, 15) is 5.26 Å². The van der Waals surface area contributed by atoms with Crippen LogP contribution in [-0.2, 0) is 4.74 Å². The maximum atomic E-state index is 10.5. The van der Waals surface area contributed by atoms with Gasteiger partial charge in [-0.25, -0.2) is 4.99 Å². The fraction of sp³-hybridized carbons (Fsp3) is 0.455. The minimum Gasteiger partial charge on any atom is -0.475 e. The number of piperazine rings is 1. The van der Waals surface area contributed by atoms with Crippen LogP contribution in [0.4, 0.5) is 0 Å². The molecular formula is C33H36ClN5O. The predicted molar refractivity (Wildman–Crippen MR) is 161 cm³/mol. The van der Waals surface area contributed by atoms with Gasteiger partial charge in [0.1, 0.15) is 18.2 Å². The van der Waals surface area contributed by atoms with E-state index in [2.05, 4.69) is 70.3 Å². The first kappa shape index (κ1) is 25.8. The summed E-state index contributed by atoms with van der Waals surface area (Å²) < 4.78 is 6.61. The molecule has 7 heteroatoms. The molecule has 7 rings (SSSR count). The number of likely N-dealkylation sites (N-methyl/N-ethyl adjacent to an activating group) is 1. The second kappa shape index (κ2) is 10.4. The van der Waals surface area contributed by atoms with Crippen molar-refractivity contribution in [3.63, 3.8) is 0 Å². The van der Waals surface area contributed by atoms with Gasteiger partial charge in [0.15, 0.2) is 0 Å². The average Bonchev–Trinajstić information content (AvgIpc) is 3.56. The molecule has 6 nitrogen and oxygen atoms in total. The van der Waals surface area contributed by atoms with Crippen LogP contribution in [0.25, 0.3) is 16.3 Å². The van der Waals surface area contributed by atoms with Crippen LogP contribution in [0.2, 0.25) is 5.02 Å². The third-order valence-electron chi connectivity index (χ3n) is 9.66. The van der Waals surface area contributed by atoms with Crippen molar-refractivity contribution in [3.8, 4) is 6.07 Å². The highest BCUT2D eigenvalue weighted by molar-refractivity contribution is 6.36. The zero-order valence-electron chi connectivity index (χ0n) is 23.2. The summed E-state index contributed by atoms with van der Waals surface area (Å²) in [5, 5.41) is 13.4. The molecule has 0 spiro atoms. The van der Waals surface area contributed by atoms with Crippen molar-refractivity contribution in [2.24, 2.45) is 10.9 Å². The summed E-state index contributed by atoms with van der Waals surface area (Å²) in [6.07, 6.45) is 11.5. The molecule has 0 saturated carbocycles. The molecule has 1 aliphatic carbocycles. The molecule has 0 radical (unpaired) electrons. The summed E-state index contributed by atoms with van der Waals surface area (Å²) in [5.41, 5.74) is 4.00. The first-order valence-corrected chi connectivity index (χ1v) is 15.1. The van der Waals surface area contributed by atoms with Gasteiger partial charge in [0, 0.05) is 48.2 Å². The van der Waals surface area contributed by atoms with Crippen LogP contribution in [-0.4, -0.2) is 85.1 Å². The predicted octanol–water partition coefficient (Wildman–Crippen LogP) is 5.51. The zero-order valence-corrected chi connectivity index (χ0v) is 23.9. The summed E-state index contributed by atoms with van der Waals surface area (Å²) in [4.78, 5) is 12.5. The van der Waals surface area contributed by atoms with Crippen molar-refractivity contribution in [2.75, 3.05) is 52.9 Å².